The summed E-state index contributed by atoms with van der Waals surface area (Å²) in [6.45, 7) is 0. The first-order chi connectivity index (χ1) is 11.3. The lowest BCUT2D eigenvalue weighted by Crippen LogP contribution is -2.43. The van der Waals surface area contributed by atoms with Gasteiger partial charge in [0.1, 0.15) is 0 Å². The molecule has 0 amide bonds. The molecule has 4 aliphatic carbocycles. The van der Waals surface area contributed by atoms with E-state index >= 15 is 0 Å². The Morgan fingerprint density at radius 2 is 1.74 bits per heavy atom. The smallest absolute Gasteiger partial charge is 0.327 e. The van der Waals surface area contributed by atoms with Crippen LogP contribution in [0.3, 0.4) is 0 Å². The van der Waals surface area contributed by atoms with Crippen LogP contribution in [0.1, 0.15) is 30.7 Å². The molecule has 4 aliphatic rings. The zero-order valence-electron chi connectivity index (χ0n) is 14.0. The molecule has 0 heterocycles. The van der Waals surface area contributed by atoms with Gasteiger partial charge in [-0.15, -0.1) is 0 Å². The molecule has 0 saturated heterocycles. The summed E-state index contributed by atoms with van der Waals surface area (Å²) in [5.74, 6) is 4.88. The number of hydrogen-bond donors (Lipinski definition) is 0. The Kier molecular flexibility index (Phi) is 3.17. The second kappa shape index (κ2) is 5.04. The maximum absolute atomic E-state index is 6.00. The lowest BCUT2D eigenvalue weighted by molar-refractivity contribution is 0.152. The molecule has 5 rings (SSSR count). The minimum absolute atomic E-state index is 0.351. The van der Waals surface area contributed by atoms with Crippen LogP contribution in [0.5, 0.6) is 0 Å². The summed E-state index contributed by atoms with van der Waals surface area (Å²) in [7, 11) is 2.13. The molecule has 23 heavy (non-hydrogen) atoms. The van der Waals surface area contributed by atoms with Crippen molar-refractivity contribution in [3.05, 3.63) is 48.0 Å². The monoisotopic (exact) mass is 326 g/mol. The van der Waals surface area contributed by atoms with Gasteiger partial charge in [0.25, 0.3) is 0 Å². The van der Waals surface area contributed by atoms with Crippen LogP contribution in [0.25, 0.3) is 0 Å². The molecule has 3 fully saturated rings. The van der Waals surface area contributed by atoms with E-state index < -0.39 is 9.28 Å². The summed E-state index contributed by atoms with van der Waals surface area (Å²) in [5.41, 5.74) is 1.55. The van der Waals surface area contributed by atoms with E-state index in [1.54, 1.807) is 5.56 Å². The van der Waals surface area contributed by atoms with E-state index in [-0.39, 0.29) is 0 Å². The van der Waals surface area contributed by atoms with E-state index in [0.29, 0.717) is 11.0 Å². The zero-order valence-corrected chi connectivity index (χ0v) is 15.2. The second-order valence-electron chi connectivity index (χ2n) is 8.18. The number of hydrogen-bond acceptors (Lipinski definition) is 2. The first-order valence-electron chi connectivity index (χ1n) is 9.07. The van der Waals surface area contributed by atoms with Gasteiger partial charge in [-0.25, -0.2) is 0 Å². The normalized spacial score (nSPS) is 46.0. The maximum atomic E-state index is 6.00. The van der Waals surface area contributed by atoms with Gasteiger partial charge in [0, 0.05) is 19.3 Å². The maximum Gasteiger partial charge on any atom is 0.327 e. The number of benzene rings is 1. The van der Waals surface area contributed by atoms with Crippen LogP contribution in [0.15, 0.2) is 42.5 Å². The SMILES string of the molecule is CO[SiH](OC)C12CC(c3ccccc3)C(C1)C1C3C=CC(C3)C12. The number of fused-ring (bicyclic) bond motifs is 9. The van der Waals surface area contributed by atoms with Crippen LogP contribution in [0.4, 0.5) is 0 Å². The van der Waals surface area contributed by atoms with Gasteiger partial charge in [0.2, 0.25) is 0 Å². The molecule has 3 saturated carbocycles. The third kappa shape index (κ3) is 1.76. The van der Waals surface area contributed by atoms with Gasteiger partial charge in [0.15, 0.2) is 0 Å². The van der Waals surface area contributed by atoms with E-state index in [1.807, 2.05) is 14.2 Å². The van der Waals surface area contributed by atoms with Crippen molar-refractivity contribution in [2.24, 2.45) is 29.6 Å². The van der Waals surface area contributed by atoms with Crippen LogP contribution in [0.2, 0.25) is 5.04 Å². The number of allylic oxidation sites excluding steroid dienone is 2. The highest BCUT2D eigenvalue weighted by Crippen LogP contribution is 2.78. The molecule has 122 valence electrons. The predicted molar refractivity (Wildman–Crippen MR) is 93.5 cm³/mol. The third-order valence-corrected chi connectivity index (χ3v) is 10.2. The Morgan fingerprint density at radius 3 is 2.48 bits per heavy atom. The zero-order chi connectivity index (χ0) is 15.6. The van der Waals surface area contributed by atoms with Crippen LogP contribution in [0, 0.1) is 29.6 Å². The van der Waals surface area contributed by atoms with Gasteiger partial charge in [0.05, 0.1) is 0 Å². The molecule has 0 radical (unpaired) electrons. The summed E-state index contributed by atoms with van der Waals surface area (Å²) in [6.07, 6.45) is 9.07. The first-order valence-corrected chi connectivity index (χ1v) is 10.6. The predicted octanol–water partition coefficient (Wildman–Crippen LogP) is 3.89. The highest BCUT2D eigenvalue weighted by molar-refractivity contribution is 6.49. The molecule has 2 nitrogen and oxygen atoms in total. The van der Waals surface area contributed by atoms with Crippen molar-refractivity contribution in [2.75, 3.05) is 14.2 Å². The van der Waals surface area contributed by atoms with Crippen molar-refractivity contribution < 1.29 is 8.85 Å². The van der Waals surface area contributed by atoms with Gasteiger partial charge in [-0.2, -0.15) is 0 Å². The molecule has 0 N–H and O–H groups in total. The molecule has 7 unspecified atom stereocenters. The lowest BCUT2D eigenvalue weighted by atomic mass is 9.67. The van der Waals surface area contributed by atoms with Crippen LogP contribution >= 0.6 is 0 Å². The molecule has 0 aliphatic heterocycles. The first kappa shape index (κ1) is 14.4. The Labute approximate surface area is 140 Å². The standard InChI is InChI=1S/C20H26O2Si/c1-21-23(22-2)20-11-16(13-6-4-3-5-7-13)17(12-20)18-14-8-9-15(10-14)19(18)20/h3-9,14-19,23H,10-12H2,1-2H3. The number of rotatable bonds is 4. The average Bonchev–Trinajstić information content (AvgIpc) is 3.34. The van der Waals surface area contributed by atoms with E-state index in [0.717, 1.165) is 29.6 Å². The molecule has 0 spiro atoms. The summed E-state index contributed by atoms with van der Waals surface area (Å²) >= 11 is 0. The molecular formula is C20H26O2Si. The minimum Gasteiger partial charge on any atom is -0.400 e. The highest BCUT2D eigenvalue weighted by atomic mass is 28.3. The van der Waals surface area contributed by atoms with E-state index in [2.05, 4.69) is 42.5 Å². The van der Waals surface area contributed by atoms with Gasteiger partial charge in [-0.3, -0.25) is 0 Å². The molecule has 3 heteroatoms. The van der Waals surface area contributed by atoms with Crippen molar-refractivity contribution in [2.45, 2.75) is 30.2 Å². The average molecular weight is 327 g/mol. The Balaban J connectivity index is 1.58. The Hall–Kier alpha value is -0.903. The minimum atomic E-state index is -1.64. The Morgan fingerprint density at radius 1 is 1.00 bits per heavy atom. The quantitative estimate of drug-likeness (QED) is 0.475. The molecule has 0 aromatic heterocycles. The van der Waals surface area contributed by atoms with Gasteiger partial charge >= 0.3 is 9.28 Å². The largest absolute Gasteiger partial charge is 0.400 e. The summed E-state index contributed by atoms with van der Waals surface area (Å²) < 4.78 is 12.0. The molecular weight excluding hydrogens is 300 g/mol. The van der Waals surface area contributed by atoms with Crippen molar-refractivity contribution in [1.29, 1.82) is 0 Å². The Bertz CT molecular complexity index is 626. The van der Waals surface area contributed by atoms with E-state index in [9.17, 15) is 0 Å². The van der Waals surface area contributed by atoms with Crippen molar-refractivity contribution >= 4 is 9.28 Å². The second-order valence-corrected chi connectivity index (χ2v) is 10.9. The van der Waals surface area contributed by atoms with Crippen LogP contribution < -0.4 is 0 Å². The highest BCUT2D eigenvalue weighted by Gasteiger charge is 2.71. The fraction of sp³-hybridized carbons (Fsp3) is 0.600. The van der Waals surface area contributed by atoms with Gasteiger partial charge in [-0.1, -0.05) is 42.5 Å². The fourth-order valence-corrected chi connectivity index (χ4v) is 9.96. The van der Waals surface area contributed by atoms with E-state index in [4.69, 9.17) is 8.85 Å². The summed E-state index contributed by atoms with van der Waals surface area (Å²) in [6, 6.07) is 11.2. The fourth-order valence-electron chi connectivity index (χ4n) is 7.14. The molecule has 1 aromatic rings. The van der Waals surface area contributed by atoms with Crippen molar-refractivity contribution in [1.82, 2.24) is 0 Å². The van der Waals surface area contributed by atoms with Crippen molar-refractivity contribution in [3.8, 4) is 0 Å². The summed E-state index contributed by atoms with van der Waals surface area (Å²) in [5, 5.41) is 0.351. The molecule has 4 bridgehead atoms. The summed E-state index contributed by atoms with van der Waals surface area (Å²) in [4.78, 5) is 0. The lowest BCUT2D eigenvalue weighted by Gasteiger charge is -2.45. The molecule has 7 atom stereocenters. The van der Waals surface area contributed by atoms with E-state index in [1.165, 1.54) is 19.3 Å². The molecule has 1 aromatic carbocycles. The van der Waals surface area contributed by atoms with Crippen molar-refractivity contribution in [3.63, 3.8) is 0 Å². The topological polar surface area (TPSA) is 18.5 Å². The van der Waals surface area contributed by atoms with Crippen LogP contribution in [-0.4, -0.2) is 23.5 Å². The third-order valence-electron chi connectivity index (χ3n) is 7.54. The van der Waals surface area contributed by atoms with Gasteiger partial charge in [-0.05, 0) is 60.3 Å². The van der Waals surface area contributed by atoms with Gasteiger partial charge < -0.3 is 8.85 Å². The van der Waals surface area contributed by atoms with Crippen LogP contribution in [-0.2, 0) is 8.85 Å².